The highest BCUT2D eigenvalue weighted by Crippen LogP contribution is 2.47. The summed E-state index contributed by atoms with van der Waals surface area (Å²) in [6, 6.07) is 19.2. The van der Waals surface area contributed by atoms with Crippen LogP contribution in [0.15, 0.2) is 65.8 Å². The number of carboxylic acid groups (broad SMARTS) is 1. The Labute approximate surface area is 146 Å². The van der Waals surface area contributed by atoms with E-state index in [2.05, 4.69) is 10.5 Å². The van der Waals surface area contributed by atoms with E-state index in [1.54, 1.807) is 0 Å². The maximum Gasteiger partial charge on any atom is 0.243 e. The summed E-state index contributed by atoms with van der Waals surface area (Å²) in [4.78, 5) is 23.1. The summed E-state index contributed by atoms with van der Waals surface area (Å²) < 4.78 is 0. The van der Waals surface area contributed by atoms with E-state index < -0.39 is 5.97 Å². The minimum absolute atomic E-state index is 0.0793. The number of carboxylic acids is 1. The Morgan fingerprint density at radius 1 is 1.00 bits per heavy atom. The fourth-order valence-electron chi connectivity index (χ4n) is 2.87. The van der Waals surface area contributed by atoms with Crippen molar-refractivity contribution in [2.75, 3.05) is 0 Å². The molecule has 0 saturated heterocycles. The summed E-state index contributed by atoms with van der Waals surface area (Å²) in [5, 5.41) is 14.9. The fourth-order valence-corrected chi connectivity index (χ4v) is 2.87. The standard InChI is InChI=1S/C20H20N2O3/c23-19(24)12-11-18(15-9-5-2-6-10-15)21-22-20(25)17-13-16(17)14-7-3-1-4-8-14/h1-10,16-17H,11-13H2,(H,22,25)(H,23,24)/p-1/b21-18-/t16-,17-/m0/s1. The molecule has 5 heteroatoms. The lowest BCUT2D eigenvalue weighted by atomic mass is 10.1. The molecule has 0 radical (unpaired) electrons. The number of carbonyl (C=O) groups excluding carboxylic acids is 2. The molecule has 2 atom stereocenters. The number of aliphatic carboxylic acids is 1. The van der Waals surface area contributed by atoms with Gasteiger partial charge in [-0.25, -0.2) is 5.43 Å². The van der Waals surface area contributed by atoms with Gasteiger partial charge < -0.3 is 9.90 Å². The van der Waals surface area contributed by atoms with Gasteiger partial charge in [-0.1, -0.05) is 60.7 Å². The zero-order valence-corrected chi connectivity index (χ0v) is 13.7. The van der Waals surface area contributed by atoms with Crippen LogP contribution in [0.25, 0.3) is 0 Å². The van der Waals surface area contributed by atoms with Crippen LogP contribution in [0.1, 0.15) is 36.3 Å². The Morgan fingerprint density at radius 3 is 2.28 bits per heavy atom. The molecule has 1 N–H and O–H groups in total. The van der Waals surface area contributed by atoms with Gasteiger partial charge in [0.25, 0.3) is 0 Å². The first kappa shape index (κ1) is 16.9. The minimum Gasteiger partial charge on any atom is -0.550 e. The average Bonchev–Trinajstić information content (AvgIpc) is 3.44. The number of hydrazone groups is 1. The monoisotopic (exact) mass is 335 g/mol. The lowest BCUT2D eigenvalue weighted by Crippen LogP contribution is -2.25. The maximum atomic E-state index is 12.3. The molecule has 3 rings (SSSR count). The van der Waals surface area contributed by atoms with E-state index in [4.69, 9.17) is 0 Å². The summed E-state index contributed by atoms with van der Waals surface area (Å²) in [6.45, 7) is 0. The van der Waals surface area contributed by atoms with Crippen molar-refractivity contribution in [1.29, 1.82) is 0 Å². The molecular formula is C20H19N2O3-. The average molecular weight is 335 g/mol. The topological polar surface area (TPSA) is 81.6 Å². The summed E-state index contributed by atoms with van der Waals surface area (Å²) in [6.07, 6.45) is 0.879. The van der Waals surface area contributed by atoms with Gasteiger partial charge in [0.1, 0.15) is 0 Å². The Balaban J connectivity index is 1.65. The third kappa shape index (κ3) is 4.53. The van der Waals surface area contributed by atoms with Crippen LogP contribution >= 0.6 is 0 Å². The SMILES string of the molecule is O=C([O-])CC/C(=N/NC(=O)[C@H]1C[C@H]1c1ccccc1)c1ccccc1. The second-order valence-electron chi connectivity index (χ2n) is 6.13. The fraction of sp³-hybridized carbons (Fsp3) is 0.250. The van der Waals surface area contributed by atoms with Crippen molar-refractivity contribution in [3.8, 4) is 0 Å². The Hall–Kier alpha value is -2.95. The molecule has 0 spiro atoms. The second-order valence-corrected chi connectivity index (χ2v) is 6.13. The maximum absolute atomic E-state index is 12.3. The molecule has 1 aliphatic rings. The molecule has 0 aliphatic heterocycles. The van der Waals surface area contributed by atoms with Crippen molar-refractivity contribution in [3.05, 3.63) is 71.8 Å². The third-order valence-electron chi connectivity index (χ3n) is 4.33. The largest absolute Gasteiger partial charge is 0.550 e. The first-order chi connectivity index (χ1) is 12.1. The van der Waals surface area contributed by atoms with Crippen LogP contribution in [0.5, 0.6) is 0 Å². The molecular weight excluding hydrogens is 316 g/mol. The molecule has 1 saturated carbocycles. The van der Waals surface area contributed by atoms with Crippen LogP contribution in [-0.2, 0) is 9.59 Å². The Bertz CT molecular complexity index is 772. The smallest absolute Gasteiger partial charge is 0.243 e. The number of amides is 1. The van der Waals surface area contributed by atoms with Gasteiger partial charge in [-0.3, -0.25) is 4.79 Å². The van der Waals surface area contributed by atoms with Gasteiger partial charge in [-0.05, 0) is 36.3 Å². The molecule has 0 bridgehead atoms. The van der Waals surface area contributed by atoms with Gasteiger partial charge >= 0.3 is 0 Å². The van der Waals surface area contributed by atoms with Crippen molar-refractivity contribution < 1.29 is 14.7 Å². The van der Waals surface area contributed by atoms with Gasteiger partial charge in [-0.15, -0.1) is 0 Å². The Morgan fingerprint density at radius 2 is 1.64 bits per heavy atom. The van der Waals surface area contributed by atoms with Crippen LogP contribution in [0.3, 0.4) is 0 Å². The van der Waals surface area contributed by atoms with Crippen molar-refractivity contribution in [1.82, 2.24) is 5.43 Å². The number of hydrogen-bond donors (Lipinski definition) is 1. The van der Waals surface area contributed by atoms with E-state index in [1.807, 2.05) is 60.7 Å². The lowest BCUT2D eigenvalue weighted by Gasteiger charge is -2.08. The highest BCUT2D eigenvalue weighted by Gasteiger charge is 2.43. The number of carbonyl (C=O) groups is 2. The summed E-state index contributed by atoms with van der Waals surface area (Å²) in [5.41, 5.74) is 5.09. The van der Waals surface area contributed by atoms with E-state index in [9.17, 15) is 14.7 Å². The first-order valence-electron chi connectivity index (χ1n) is 8.32. The van der Waals surface area contributed by atoms with Gasteiger partial charge in [0.15, 0.2) is 0 Å². The highest BCUT2D eigenvalue weighted by molar-refractivity contribution is 6.02. The van der Waals surface area contributed by atoms with Gasteiger partial charge in [0.2, 0.25) is 5.91 Å². The molecule has 5 nitrogen and oxygen atoms in total. The molecule has 1 aliphatic carbocycles. The summed E-state index contributed by atoms with van der Waals surface area (Å²) >= 11 is 0. The number of nitrogens with zero attached hydrogens (tertiary/aromatic N) is 1. The summed E-state index contributed by atoms with van der Waals surface area (Å²) in [7, 11) is 0. The quantitative estimate of drug-likeness (QED) is 0.619. The van der Waals surface area contributed by atoms with Crippen molar-refractivity contribution >= 4 is 17.6 Å². The highest BCUT2D eigenvalue weighted by atomic mass is 16.4. The predicted octanol–water partition coefficient (Wildman–Crippen LogP) is 1.84. The lowest BCUT2D eigenvalue weighted by molar-refractivity contribution is -0.305. The molecule has 0 unspecified atom stereocenters. The van der Waals surface area contributed by atoms with Crippen LogP contribution in [0.2, 0.25) is 0 Å². The molecule has 0 aromatic heterocycles. The van der Waals surface area contributed by atoms with Crippen LogP contribution < -0.4 is 10.5 Å². The van der Waals surface area contributed by atoms with Gasteiger partial charge in [0.05, 0.1) is 5.71 Å². The Kier molecular flexibility index (Phi) is 5.23. The number of rotatable bonds is 7. The number of nitrogens with one attached hydrogen (secondary N) is 1. The van der Waals surface area contributed by atoms with Gasteiger partial charge in [-0.2, -0.15) is 5.10 Å². The third-order valence-corrected chi connectivity index (χ3v) is 4.33. The van der Waals surface area contributed by atoms with Crippen molar-refractivity contribution in [3.63, 3.8) is 0 Å². The normalized spacial score (nSPS) is 19.3. The van der Waals surface area contributed by atoms with Crippen molar-refractivity contribution in [2.45, 2.75) is 25.2 Å². The summed E-state index contributed by atoms with van der Waals surface area (Å²) in [5.74, 6) is -1.11. The zero-order valence-electron chi connectivity index (χ0n) is 13.7. The zero-order chi connectivity index (χ0) is 17.6. The first-order valence-corrected chi connectivity index (χ1v) is 8.32. The molecule has 2 aromatic rings. The molecule has 128 valence electrons. The number of hydrogen-bond acceptors (Lipinski definition) is 4. The van der Waals surface area contributed by atoms with E-state index in [-0.39, 0.29) is 30.6 Å². The molecule has 0 heterocycles. The van der Waals surface area contributed by atoms with E-state index in [1.165, 1.54) is 0 Å². The second kappa shape index (κ2) is 7.75. The molecule has 1 fully saturated rings. The van der Waals surface area contributed by atoms with Gasteiger partial charge in [0, 0.05) is 11.9 Å². The van der Waals surface area contributed by atoms with Crippen LogP contribution in [-0.4, -0.2) is 17.6 Å². The molecule has 25 heavy (non-hydrogen) atoms. The van der Waals surface area contributed by atoms with Crippen LogP contribution in [0, 0.1) is 5.92 Å². The van der Waals surface area contributed by atoms with E-state index in [0.29, 0.717) is 5.71 Å². The number of benzene rings is 2. The minimum atomic E-state index is -1.14. The molecule has 1 amide bonds. The van der Waals surface area contributed by atoms with E-state index >= 15 is 0 Å². The van der Waals surface area contributed by atoms with Crippen molar-refractivity contribution in [2.24, 2.45) is 11.0 Å². The molecule has 2 aromatic carbocycles. The predicted molar refractivity (Wildman–Crippen MR) is 92.7 cm³/mol. The van der Waals surface area contributed by atoms with E-state index in [0.717, 1.165) is 17.5 Å². The van der Waals surface area contributed by atoms with Crippen LogP contribution in [0.4, 0.5) is 0 Å².